The molecule has 2 unspecified atom stereocenters. The number of benzene rings is 2. The molecule has 10 heteroatoms. The molecule has 3 aromatic rings. The van der Waals surface area contributed by atoms with Crippen LogP contribution in [-0.2, 0) is 27.2 Å². The number of rotatable bonds is 15. The number of hydrogen-bond acceptors (Lipinski definition) is 4. The van der Waals surface area contributed by atoms with E-state index in [0.717, 1.165) is 71.9 Å². The monoisotopic (exact) mass is 641 g/mol. The lowest BCUT2D eigenvalue weighted by atomic mass is 9.53. The summed E-state index contributed by atoms with van der Waals surface area (Å²) in [5.74, 6) is 0.370. The van der Waals surface area contributed by atoms with Gasteiger partial charge in [-0.25, -0.2) is 9.59 Å². The molecule has 4 bridgehead atoms. The van der Waals surface area contributed by atoms with E-state index in [4.69, 9.17) is 0 Å². The average Bonchev–Trinajstić information content (AvgIpc) is 3.44. The Labute approximate surface area is 275 Å². The quantitative estimate of drug-likeness (QED) is 0.131. The van der Waals surface area contributed by atoms with E-state index in [1.54, 1.807) is 6.20 Å². The van der Waals surface area contributed by atoms with E-state index in [9.17, 15) is 24.3 Å². The molecule has 4 saturated carbocycles. The molecular weight excluding hydrogens is 594 g/mol. The van der Waals surface area contributed by atoms with Gasteiger partial charge in [0.15, 0.2) is 0 Å². The van der Waals surface area contributed by atoms with Gasteiger partial charge in [-0.05, 0) is 86.3 Å². The lowest BCUT2D eigenvalue weighted by molar-refractivity contribution is -0.142. The Bertz CT molecular complexity index is 1530. The number of hydrogen-bond donors (Lipinski definition) is 6. The van der Waals surface area contributed by atoms with Crippen LogP contribution in [0.15, 0.2) is 60.8 Å². The Morgan fingerprint density at radius 2 is 1.49 bits per heavy atom. The standard InChI is InChI=1S/C37H47N5O5/c43-33(13-5-2-8-14-38-36(47)42-37-20-25-15-26(21-37)17-27(16-25)22-37)40-31(18-24-9-3-1-4-10-24)34(44)41-32(35(45)46)19-28-23-39-30-12-7-6-11-29(28)30/h1,3-4,6-7,9-12,23,25-27,31-32,39H,2,5,8,13-22H2,(H,40,43)(H,41,44)(H,45,46)(H2,38,42,47). The number of carboxylic acids is 1. The van der Waals surface area contributed by atoms with Gasteiger partial charge in [0.05, 0.1) is 0 Å². The zero-order valence-electron chi connectivity index (χ0n) is 26.9. The minimum Gasteiger partial charge on any atom is -0.480 e. The van der Waals surface area contributed by atoms with E-state index in [-0.39, 0.29) is 36.7 Å². The van der Waals surface area contributed by atoms with E-state index in [1.165, 1.54) is 19.3 Å². The van der Waals surface area contributed by atoms with Crippen LogP contribution in [0.4, 0.5) is 4.79 Å². The first kappa shape index (κ1) is 32.6. The lowest BCUT2D eigenvalue weighted by Crippen LogP contribution is -2.61. The van der Waals surface area contributed by atoms with Crippen molar-refractivity contribution in [1.29, 1.82) is 0 Å². The summed E-state index contributed by atoms with van der Waals surface area (Å²) in [6.45, 7) is 0.547. The summed E-state index contributed by atoms with van der Waals surface area (Å²) in [6, 6.07) is 14.8. The predicted octanol–water partition coefficient (Wildman–Crippen LogP) is 4.84. The first-order valence-electron chi connectivity index (χ1n) is 17.2. The lowest BCUT2D eigenvalue weighted by Gasteiger charge is -2.56. The zero-order chi connectivity index (χ0) is 32.8. The third-order valence-electron chi connectivity index (χ3n) is 10.4. The molecular formula is C37H47N5O5. The largest absolute Gasteiger partial charge is 0.480 e. The Kier molecular flexibility index (Phi) is 10.1. The summed E-state index contributed by atoms with van der Waals surface area (Å²) in [5.41, 5.74) is 2.52. The second-order valence-corrected chi connectivity index (χ2v) is 14.2. The highest BCUT2D eigenvalue weighted by atomic mass is 16.4. The highest BCUT2D eigenvalue weighted by molar-refractivity contribution is 5.91. The first-order chi connectivity index (χ1) is 22.7. The molecule has 4 fully saturated rings. The molecule has 0 aliphatic heterocycles. The van der Waals surface area contributed by atoms with Crippen molar-refractivity contribution in [3.63, 3.8) is 0 Å². The highest BCUT2D eigenvalue weighted by Crippen LogP contribution is 2.55. The van der Waals surface area contributed by atoms with Gasteiger partial charge in [-0.2, -0.15) is 0 Å². The van der Waals surface area contributed by atoms with Gasteiger partial charge in [-0.3, -0.25) is 9.59 Å². The summed E-state index contributed by atoms with van der Waals surface area (Å²) in [6.07, 6.45) is 11.8. The second kappa shape index (κ2) is 14.6. The molecule has 2 atom stereocenters. The maximum absolute atomic E-state index is 13.5. The Morgan fingerprint density at radius 3 is 2.19 bits per heavy atom. The van der Waals surface area contributed by atoms with Crippen LogP contribution in [0.5, 0.6) is 0 Å². The fraction of sp³-hybridized carbons (Fsp3) is 0.514. The number of amides is 4. The molecule has 0 saturated heterocycles. The van der Waals surface area contributed by atoms with Gasteiger partial charge in [0.25, 0.3) is 0 Å². The van der Waals surface area contributed by atoms with Gasteiger partial charge in [0.1, 0.15) is 12.1 Å². The zero-order valence-corrected chi connectivity index (χ0v) is 26.9. The van der Waals surface area contributed by atoms with E-state index in [2.05, 4.69) is 26.3 Å². The molecule has 250 valence electrons. The smallest absolute Gasteiger partial charge is 0.326 e. The van der Waals surface area contributed by atoms with Crippen molar-refractivity contribution in [1.82, 2.24) is 26.3 Å². The van der Waals surface area contributed by atoms with Gasteiger partial charge < -0.3 is 31.4 Å². The maximum Gasteiger partial charge on any atom is 0.326 e. The maximum atomic E-state index is 13.5. The van der Waals surface area contributed by atoms with Gasteiger partial charge >= 0.3 is 12.0 Å². The van der Waals surface area contributed by atoms with Crippen molar-refractivity contribution in [3.05, 3.63) is 71.9 Å². The topological polar surface area (TPSA) is 152 Å². The highest BCUT2D eigenvalue weighted by Gasteiger charge is 2.51. The van der Waals surface area contributed by atoms with Crippen molar-refractivity contribution >= 4 is 34.7 Å². The molecule has 1 aromatic heterocycles. The molecule has 4 aliphatic rings. The normalized spacial score (nSPS) is 24.0. The fourth-order valence-corrected chi connectivity index (χ4v) is 8.66. The molecule has 6 N–H and O–H groups in total. The summed E-state index contributed by atoms with van der Waals surface area (Å²) < 4.78 is 0. The number of para-hydroxylation sites is 1. The Balaban J connectivity index is 0.957. The van der Waals surface area contributed by atoms with Crippen LogP contribution in [0.25, 0.3) is 10.9 Å². The molecule has 7 rings (SSSR count). The molecule has 2 aromatic carbocycles. The minimum atomic E-state index is -1.16. The van der Waals surface area contributed by atoms with E-state index in [1.807, 2.05) is 54.6 Å². The summed E-state index contributed by atoms with van der Waals surface area (Å²) >= 11 is 0. The molecule has 4 aliphatic carbocycles. The van der Waals surface area contributed by atoms with Gasteiger partial charge in [-0.1, -0.05) is 55.0 Å². The number of aromatic amines is 1. The summed E-state index contributed by atoms with van der Waals surface area (Å²) in [5, 5.41) is 22.7. The van der Waals surface area contributed by atoms with Crippen LogP contribution in [-0.4, -0.2) is 58.1 Å². The van der Waals surface area contributed by atoms with E-state index < -0.39 is 24.0 Å². The molecule has 1 heterocycles. The minimum absolute atomic E-state index is 0.0135. The number of H-pyrrole nitrogens is 1. The van der Waals surface area contributed by atoms with Gasteiger partial charge in [-0.15, -0.1) is 0 Å². The van der Waals surface area contributed by atoms with Crippen LogP contribution in [0.2, 0.25) is 0 Å². The number of urea groups is 1. The van der Waals surface area contributed by atoms with E-state index in [0.29, 0.717) is 13.0 Å². The van der Waals surface area contributed by atoms with E-state index >= 15 is 0 Å². The first-order valence-corrected chi connectivity index (χ1v) is 17.2. The van der Waals surface area contributed by atoms with Crippen LogP contribution >= 0.6 is 0 Å². The van der Waals surface area contributed by atoms with Crippen molar-refractivity contribution in [2.75, 3.05) is 6.54 Å². The number of aliphatic carboxylic acids is 1. The Morgan fingerprint density at radius 1 is 0.809 bits per heavy atom. The Hall–Kier alpha value is -4.34. The van der Waals surface area contributed by atoms with Gasteiger partial charge in [0, 0.05) is 48.4 Å². The predicted molar refractivity (Wildman–Crippen MR) is 180 cm³/mol. The summed E-state index contributed by atoms with van der Waals surface area (Å²) in [7, 11) is 0. The third kappa shape index (κ3) is 8.34. The van der Waals surface area contributed by atoms with Crippen LogP contribution in [0, 0.1) is 17.8 Å². The summed E-state index contributed by atoms with van der Waals surface area (Å²) in [4.78, 5) is 54.5. The number of carbonyl (C=O) groups is 4. The van der Waals surface area contributed by atoms with Crippen molar-refractivity contribution in [2.24, 2.45) is 17.8 Å². The molecule has 0 spiro atoms. The number of carbonyl (C=O) groups excluding carboxylic acids is 3. The van der Waals surface area contributed by atoms with Crippen LogP contribution < -0.4 is 21.3 Å². The fourth-order valence-electron chi connectivity index (χ4n) is 8.66. The average molecular weight is 642 g/mol. The second-order valence-electron chi connectivity index (χ2n) is 14.2. The van der Waals surface area contributed by atoms with Crippen molar-refractivity contribution in [2.45, 2.75) is 94.7 Å². The molecule has 47 heavy (non-hydrogen) atoms. The van der Waals surface area contributed by atoms with Gasteiger partial charge in [0.2, 0.25) is 11.8 Å². The molecule has 10 nitrogen and oxygen atoms in total. The number of fused-ring (bicyclic) bond motifs is 1. The third-order valence-corrected chi connectivity index (χ3v) is 10.4. The number of unbranched alkanes of at least 4 members (excludes halogenated alkanes) is 2. The SMILES string of the molecule is O=C(CCCCCNC(=O)NC12CC3CC(CC(C3)C1)C2)NC(Cc1ccccc1)C(=O)NC(Cc1c[nH]c2ccccc12)C(=O)O. The molecule has 4 amide bonds. The van der Waals surface area contributed by atoms with Crippen molar-refractivity contribution < 1.29 is 24.3 Å². The number of aromatic nitrogens is 1. The van der Waals surface area contributed by atoms with Crippen LogP contribution in [0.3, 0.4) is 0 Å². The van der Waals surface area contributed by atoms with Crippen molar-refractivity contribution in [3.8, 4) is 0 Å². The number of nitrogens with one attached hydrogen (secondary N) is 5. The molecule has 0 radical (unpaired) electrons. The number of carboxylic acid groups (broad SMARTS) is 1. The van der Waals surface area contributed by atoms with Crippen LogP contribution in [0.1, 0.15) is 75.3 Å².